The molecular formula is C28H25N3O3S. The van der Waals surface area contributed by atoms with Crippen LogP contribution in [-0.2, 0) is 16.1 Å². The molecule has 3 aromatic carbocycles. The van der Waals surface area contributed by atoms with Crippen LogP contribution in [0.5, 0.6) is 0 Å². The van der Waals surface area contributed by atoms with Gasteiger partial charge in [0.1, 0.15) is 12.6 Å². The second kappa shape index (κ2) is 10.5. The van der Waals surface area contributed by atoms with Crippen LogP contribution in [0.3, 0.4) is 0 Å². The number of anilines is 1. The van der Waals surface area contributed by atoms with Gasteiger partial charge in [0.05, 0.1) is 0 Å². The standard InChI is InChI=1S/C28H25N3O3S/c32-26(30-27-29-15-16-35-27)25-17-24(18-31(25)28(33)34-19-20-7-3-1-4-8-20)23-13-11-22(12-14-23)21-9-5-2-6-10-21/h1-16,24-25H,17-19H2,(H,29,30,32). The first-order valence-electron chi connectivity index (χ1n) is 11.5. The number of amides is 2. The van der Waals surface area contributed by atoms with Crippen LogP contribution in [0, 0.1) is 0 Å². The number of carbonyl (C=O) groups is 2. The normalized spacial score (nSPS) is 17.2. The molecule has 35 heavy (non-hydrogen) atoms. The molecule has 1 aliphatic rings. The summed E-state index contributed by atoms with van der Waals surface area (Å²) in [6.07, 6.45) is 1.66. The first kappa shape index (κ1) is 22.8. The Hall–Kier alpha value is -3.97. The van der Waals surface area contributed by atoms with E-state index >= 15 is 0 Å². The molecule has 1 aliphatic heterocycles. The Balaban J connectivity index is 1.33. The van der Waals surface area contributed by atoms with Gasteiger partial charge in [0, 0.05) is 24.0 Å². The van der Waals surface area contributed by atoms with Crippen LogP contribution in [0.4, 0.5) is 9.93 Å². The zero-order valence-corrected chi connectivity index (χ0v) is 19.9. The predicted octanol–water partition coefficient (Wildman–Crippen LogP) is 5.94. The van der Waals surface area contributed by atoms with E-state index in [0.29, 0.717) is 18.1 Å². The Kier molecular flexibility index (Phi) is 6.86. The first-order chi connectivity index (χ1) is 17.2. The number of likely N-dealkylation sites (tertiary alicyclic amines) is 1. The van der Waals surface area contributed by atoms with E-state index in [1.165, 1.54) is 11.3 Å². The Bertz CT molecular complexity index is 1260. The van der Waals surface area contributed by atoms with E-state index in [4.69, 9.17) is 4.74 Å². The fraction of sp³-hybridized carbons (Fsp3) is 0.179. The maximum atomic E-state index is 13.1. The van der Waals surface area contributed by atoms with Crippen LogP contribution in [0.1, 0.15) is 23.5 Å². The summed E-state index contributed by atoms with van der Waals surface area (Å²) in [7, 11) is 0. The third-order valence-corrected chi connectivity index (χ3v) is 6.88. The Morgan fingerprint density at radius 1 is 0.943 bits per heavy atom. The molecule has 0 aliphatic carbocycles. The van der Waals surface area contributed by atoms with E-state index in [0.717, 1.165) is 22.3 Å². The molecule has 1 fully saturated rings. The highest BCUT2D eigenvalue weighted by Gasteiger charge is 2.41. The minimum atomic E-state index is -0.638. The number of ether oxygens (including phenoxy) is 1. The molecule has 5 rings (SSSR count). The molecule has 1 N–H and O–H groups in total. The molecule has 2 atom stereocenters. The molecule has 6 nitrogen and oxygen atoms in total. The summed E-state index contributed by atoms with van der Waals surface area (Å²) in [5.41, 5.74) is 4.27. The number of thiazole rings is 1. The van der Waals surface area contributed by atoms with Gasteiger partial charge in [-0.2, -0.15) is 0 Å². The Morgan fingerprint density at radius 2 is 1.63 bits per heavy atom. The van der Waals surface area contributed by atoms with Crippen molar-refractivity contribution in [3.63, 3.8) is 0 Å². The summed E-state index contributed by atoms with van der Waals surface area (Å²) >= 11 is 1.35. The number of benzene rings is 3. The molecule has 0 bridgehead atoms. The number of aromatic nitrogens is 1. The van der Waals surface area contributed by atoms with E-state index in [-0.39, 0.29) is 18.4 Å². The van der Waals surface area contributed by atoms with E-state index < -0.39 is 12.1 Å². The fourth-order valence-electron chi connectivity index (χ4n) is 4.38. The lowest BCUT2D eigenvalue weighted by molar-refractivity contribution is -0.120. The second-order valence-corrected chi connectivity index (χ2v) is 9.35. The molecule has 0 radical (unpaired) electrons. The van der Waals surface area contributed by atoms with Gasteiger partial charge in [-0.3, -0.25) is 9.69 Å². The van der Waals surface area contributed by atoms with Gasteiger partial charge in [-0.25, -0.2) is 9.78 Å². The van der Waals surface area contributed by atoms with Crippen molar-refractivity contribution in [3.8, 4) is 11.1 Å². The molecule has 0 saturated carbocycles. The highest BCUT2D eigenvalue weighted by Crippen LogP contribution is 2.34. The second-order valence-electron chi connectivity index (χ2n) is 8.46. The average molecular weight is 484 g/mol. The largest absolute Gasteiger partial charge is 0.445 e. The predicted molar refractivity (Wildman–Crippen MR) is 137 cm³/mol. The zero-order valence-electron chi connectivity index (χ0n) is 19.0. The molecule has 2 unspecified atom stereocenters. The van der Waals surface area contributed by atoms with Gasteiger partial charge < -0.3 is 10.1 Å². The van der Waals surface area contributed by atoms with Gasteiger partial charge in [0.25, 0.3) is 0 Å². The molecular weight excluding hydrogens is 458 g/mol. The molecule has 0 spiro atoms. The number of nitrogens with zero attached hydrogens (tertiary/aromatic N) is 2. The molecule has 176 valence electrons. The first-order valence-corrected chi connectivity index (χ1v) is 12.4. The lowest BCUT2D eigenvalue weighted by Crippen LogP contribution is -2.43. The third-order valence-electron chi connectivity index (χ3n) is 6.20. The number of nitrogens with one attached hydrogen (secondary N) is 1. The highest BCUT2D eigenvalue weighted by molar-refractivity contribution is 7.13. The number of hydrogen-bond donors (Lipinski definition) is 1. The molecule has 2 heterocycles. The smallest absolute Gasteiger partial charge is 0.410 e. The van der Waals surface area contributed by atoms with Crippen molar-refractivity contribution in [2.45, 2.75) is 25.0 Å². The lowest BCUT2D eigenvalue weighted by Gasteiger charge is -2.23. The summed E-state index contributed by atoms with van der Waals surface area (Å²) in [5.74, 6) is -0.226. The van der Waals surface area contributed by atoms with Crippen molar-refractivity contribution in [1.82, 2.24) is 9.88 Å². The van der Waals surface area contributed by atoms with Gasteiger partial charge >= 0.3 is 6.09 Å². The monoisotopic (exact) mass is 483 g/mol. The maximum Gasteiger partial charge on any atom is 0.410 e. The highest BCUT2D eigenvalue weighted by atomic mass is 32.1. The summed E-state index contributed by atoms with van der Waals surface area (Å²) in [6, 6.07) is 27.4. The fourth-order valence-corrected chi connectivity index (χ4v) is 4.91. The number of rotatable bonds is 6. The summed E-state index contributed by atoms with van der Waals surface area (Å²) in [6.45, 7) is 0.571. The van der Waals surface area contributed by atoms with E-state index in [2.05, 4.69) is 46.7 Å². The lowest BCUT2D eigenvalue weighted by atomic mass is 9.94. The minimum Gasteiger partial charge on any atom is -0.445 e. The summed E-state index contributed by atoms with van der Waals surface area (Å²) < 4.78 is 5.58. The van der Waals surface area contributed by atoms with E-state index in [1.54, 1.807) is 16.5 Å². The van der Waals surface area contributed by atoms with Crippen molar-refractivity contribution in [2.24, 2.45) is 0 Å². The average Bonchev–Trinajstić information content (AvgIpc) is 3.59. The molecule has 2 amide bonds. The molecule has 7 heteroatoms. The van der Waals surface area contributed by atoms with Gasteiger partial charge in [0.15, 0.2) is 5.13 Å². The van der Waals surface area contributed by atoms with Crippen LogP contribution < -0.4 is 5.32 Å². The van der Waals surface area contributed by atoms with Crippen LogP contribution >= 0.6 is 11.3 Å². The van der Waals surface area contributed by atoms with Gasteiger partial charge in [-0.05, 0) is 28.7 Å². The maximum absolute atomic E-state index is 13.1. The quantitative estimate of drug-likeness (QED) is 0.368. The van der Waals surface area contributed by atoms with Gasteiger partial charge in [-0.15, -0.1) is 11.3 Å². The zero-order chi connectivity index (χ0) is 24.0. The summed E-state index contributed by atoms with van der Waals surface area (Å²) in [4.78, 5) is 31.9. The van der Waals surface area contributed by atoms with Crippen molar-refractivity contribution in [1.29, 1.82) is 0 Å². The van der Waals surface area contributed by atoms with Crippen LogP contribution in [0.2, 0.25) is 0 Å². The van der Waals surface area contributed by atoms with E-state index in [9.17, 15) is 9.59 Å². The van der Waals surface area contributed by atoms with Crippen molar-refractivity contribution in [3.05, 3.63) is 108 Å². The van der Waals surface area contributed by atoms with E-state index in [1.807, 2.05) is 48.5 Å². The van der Waals surface area contributed by atoms with Crippen LogP contribution in [-0.4, -0.2) is 34.5 Å². The van der Waals surface area contributed by atoms with Crippen LogP contribution in [0.15, 0.2) is 96.5 Å². The van der Waals surface area contributed by atoms with Gasteiger partial charge in [-0.1, -0.05) is 84.9 Å². The van der Waals surface area contributed by atoms with Gasteiger partial charge in [0.2, 0.25) is 5.91 Å². The Labute approximate surface area is 208 Å². The number of carbonyl (C=O) groups excluding carboxylic acids is 2. The minimum absolute atomic E-state index is 0.0242. The molecule has 1 aromatic heterocycles. The van der Waals surface area contributed by atoms with Crippen LogP contribution in [0.25, 0.3) is 11.1 Å². The van der Waals surface area contributed by atoms with Crippen molar-refractivity contribution < 1.29 is 14.3 Å². The third kappa shape index (κ3) is 5.41. The molecule has 1 saturated heterocycles. The number of hydrogen-bond acceptors (Lipinski definition) is 5. The summed E-state index contributed by atoms with van der Waals surface area (Å²) in [5, 5.41) is 5.16. The topological polar surface area (TPSA) is 71.5 Å². The van der Waals surface area contributed by atoms with Crippen molar-refractivity contribution in [2.75, 3.05) is 11.9 Å². The van der Waals surface area contributed by atoms with Crippen molar-refractivity contribution >= 4 is 28.5 Å². The SMILES string of the molecule is O=C(Nc1nccs1)C1CC(c2ccc(-c3ccccc3)cc2)CN1C(=O)OCc1ccccc1. The Morgan fingerprint density at radius 3 is 2.31 bits per heavy atom. The molecule has 4 aromatic rings.